The fourth-order valence-corrected chi connectivity index (χ4v) is 4.98. The molecule has 2 aliphatic heterocycles. The molecule has 1 saturated heterocycles. The topological polar surface area (TPSA) is 42.0 Å². The summed E-state index contributed by atoms with van der Waals surface area (Å²) in [6.45, 7) is 10.6. The van der Waals surface area contributed by atoms with Crippen LogP contribution in [0.2, 0.25) is 0 Å². The van der Waals surface area contributed by atoms with Crippen molar-refractivity contribution in [2.45, 2.75) is 63.8 Å². The Morgan fingerprint density at radius 1 is 1.10 bits per heavy atom. The molecule has 0 aliphatic carbocycles. The maximum Gasteiger partial charge on any atom is 0.284 e. The number of carbonyl (C=O) groups is 1. The average molecular weight is 423 g/mol. The quantitative estimate of drug-likeness (QED) is 0.712. The molecule has 1 fully saturated rings. The van der Waals surface area contributed by atoms with Crippen molar-refractivity contribution in [1.29, 1.82) is 0 Å². The summed E-state index contributed by atoms with van der Waals surface area (Å²) in [6, 6.07) is 14.4. The fraction of sp³-hybridized carbons (Fsp3) is 0.500. The number of amides is 1. The third kappa shape index (κ3) is 3.05. The Kier molecular flexibility index (Phi) is 4.89. The highest BCUT2D eigenvalue weighted by Crippen LogP contribution is 2.53. The van der Waals surface area contributed by atoms with Gasteiger partial charge in [0.15, 0.2) is 0 Å². The Hall–Kier alpha value is -2.53. The number of rotatable bonds is 2. The molecular weight excluding hydrogens is 388 g/mol. The van der Waals surface area contributed by atoms with Crippen LogP contribution >= 0.6 is 0 Å². The standard InChI is InChI=1S/C26H34N2O3/c1-24(2,3)21-16-19(30-8)14-18-15-20(17-12-10-9-11-13-17)26(31-22(18)21)23(29)27(6)25(4,5)28(26)7/h9-14,16,20H,15H2,1-8H3/t20-,26-/m1/s1. The molecule has 0 aromatic heterocycles. The Balaban J connectivity index is 2.00. The Bertz CT molecular complexity index is 1010. The van der Waals surface area contributed by atoms with Gasteiger partial charge in [-0.15, -0.1) is 0 Å². The second kappa shape index (κ2) is 6.99. The Morgan fingerprint density at radius 2 is 1.74 bits per heavy atom. The first-order valence-electron chi connectivity index (χ1n) is 10.9. The molecule has 2 atom stereocenters. The van der Waals surface area contributed by atoms with E-state index in [1.807, 2.05) is 43.3 Å². The first-order chi connectivity index (χ1) is 14.4. The summed E-state index contributed by atoms with van der Waals surface area (Å²) in [6.07, 6.45) is 0.694. The monoisotopic (exact) mass is 422 g/mol. The van der Waals surface area contributed by atoms with E-state index in [1.165, 1.54) is 0 Å². The van der Waals surface area contributed by atoms with Crippen LogP contribution in [-0.2, 0) is 16.6 Å². The maximum absolute atomic E-state index is 13.9. The summed E-state index contributed by atoms with van der Waals surface area (Å²) in [5, 5.41) is 0. The molecule has 5 nitrogen and oxygen atoms in total. The van der Waals surface area contributed by atoms with E-state index in [1.54, 1.807) is 7.11 Å². The maximum atomic E-state index is 13.9. The fourth-order valence-electron chi connectivity index (χ4n) is 4.98. The predicted molar refractivity (Wildman–Crippen MR) is 123 cm³/mol. The number of hydrogen-bond donors (Lipinski definition) is 0. The lowest BCUT2D eigenvalue weighted by atomic mass is 9.77. The third-order valence-corrected chi connectivity index (χ3v) is 7.29. The summed E-state index contributed by atoms with van der Waals surface area (Å²) in [4.78, 5) is 17.8. The smallest absolute Gasteiger partial charge is 0.284 e. The number of hydrogen-bond acceptors (Lipinski definition) is 4. The summed E-state index contributed by atoms with van der Waals surface area (Å²) in [5.74, 6) is 1.48. The zero-order valence-corrected chi connectivity index (χ0v) is 19.9. The van der Waals surface area contributed by atoms with Gasteiger partial charge >= 0.3 is 0 Å². The van der Waals surface area contributed by atoms with Crippen molar-refractivity contribution in [2.24, 2.45) is 0 Å². The van der Waals surface area contributed by atoms with E-state index < -0.39 is 11.4 Å². The largest absolute Gasteiger partial charge is 0.497 e. The van der Waals surface area contributed by atoms with Crippen molar-refractivity contribution in [2.75, 3.05) is 21.2 Å². The molecule has 4 rings (SSSR count). The summed E-state index contributed by atoms with van der Waals surface area (Å²) >= 11 is 0. The molecule has 0 unspecified atom stereocenters. The highest BCUT2D eigenvalue weighted by atomic mass is 16.5. The molecule has 2 aliphatic rings. The van der Waals surface area contributed by atoms with Gasteiger partial charge in [0.1, 0.15) is 11.5 Å². The number of likely N-dealkylation sites (N-methyl/N-ethyl adjacent to an activating group) is 2. The normalized spacial score (nSPS) is 25.5. The Labute approximate surface area is 185 Å². The number of benzene rings is 2. The van der Waals surface area contributed by atoms with Crippen LogP contribution in [0.3, 0.4) is 0 Å². The zero-order valence-electron chi connectivity index (χ0n) is 19.9. The van der Waals surface area contributed by atoms with Crippen LogP contribution in [-0.4, -0.2) is 48.3 Å². The lowest BCUT2D eigenvalue weighted by molar-refractivity contribution is -0.153. The van der Waals surface area contributed by atoms with E-state index in [0.29, 0.717) is 6.42 Å². The molecule has 2 aromatic rings. The SMILES string of the molecule is COc1cc2c(c(C(C)(C)C)c1)O[C@@]1(C(=O)N(C)C(C)(C)N1C)[C@@H](c1ccccc1)C2. The van der Waals surface area contributed by atoms with Gasteiger partial charge in [-0.3, -0.25) is 4.79 Å². The summed E-state index contributed by atoms with van der Waals surface area (Å²) in [7, 11) is 5.57. The molecule has 2 heterocycles. The van der Waals surface area contributed by atoms with Crippen molar-refractivity contribution < 1.29 is 14.3 Å². The minimum Gasteiger partial charge on any atom is -0.497 e. The first kappa shape index (κ1) is 21.7. The lowest BCUT2D eigenvalue weighted by Gasteiger charge is -2.47. The lowest BCUT2D eigenvalue weighted by Crippen LogP contribution is -2.61. The number of ether oxygens (including phenoxy) is 2. The van der Waals surface area contributed by atoms with Crippen LogP contribution in [0, 0.1) is 0 Å². The second-order valence-corrected chi connectivity index (χ2v) is 10.3. The number of nitrogens with zero attached hydrogens (tertiary/aromatic N) is 2. The molecule has 1 amide bonds. The second-order valence-electron chi connectivity index (χ2n) is 10.3. The van der Waals surface area contributed by atoms with Crippen molar-refractivity contribution in [3.05, 3.63) is 59.2 Å². The van der Waals surface area contributed by atoms with Gasteiger partial charge in [-0.1, -0.05) is 51.1 Å². The third-order valence-electron chi connectivity index (χ3n) is 7.29. The minimum absolute atomic E-state index is 0.00446. The molecule has 1 spiro atoms. The highest BCUT2D eigenvalue weighted by Gasteiger charge is 2.66. The molecule has 5 heteroatoms. The van der Waals surface area contributed by atoms with Gasteiger partial charge in [0, 0.05) is 12.6 Å². The molecule has 166 valence electrons. The van der Waals surface area contributed by atoms with Crippen molar-refractivity contribution in [3.8, 4) is 11.5 Å². The van der Waals surface area contributed by atoms with Crippen LogP contribution in [0.25, 0.3) is 0 Å². The number of methoxy groups -OCH3 is 1. The van der Waals surface area contributed by atoms with Crippen LogP contribution in [0.4, 0.5) is 0 Å². The molecule has 2 aromatic carbocycles. The van der Waals surface area contributed by atoms with Crippen LogP contribution < -0.4 is 9.47 Å². The molecule has 0 bridgehead atoms. The zero-order chi connectivity index (χ0) is 22.8. The van der Waals surface area contributed by atoms with Gasteiger partial charge < -0.3 is 14.4 Å². The van der Waals surface area contributed by atoms with E-state index in [9.17, 15) is 4.79 Å². The number of fused-ring (bicyclic) bond motifs is 1. The highest BCUT2D eigenvalue weighted by molar-refractivity contribution is 5.90. The molecule has 0 saturated carbocycles. The van der Waals surface area contributed by atoms with Crippen LogP contribution in [0.1, 0.15) is 57.2 Å². The van der Waals surface area contributed by atoms with E-state index >= 15 is 0 Å². The van der Waals surface area contributed by atoms with Gasteiger partial charge in [0.2, 0.25) is 0 Å². The summed E-state index contributed by atoms with van der Waals surface area (Å²) < 4.78 is 12.5. The van der Waals surface area contributed by atoms with E-state index in [4.69, 9.17) is 9.47 Å². The molecule has 31 heavy (non-hydrogen) atoms. The van der Waals surface area contributed by atoms with Crippen molar-refractivity contribution in [1.82, 2.24) is 9.80 Å². The van der Waals surface area contributed by atoms with Crippen LogP contribution in [0.15, 0.2) is 42.5 Å². The van der Waals surface area contributed by atoms with E-state index in [-0.39, 0.29) is 17.2 Å². The van der Waals surface area contributed by atoms with Gasteiger partial charge in [0.25, 0.3) is 11.6 Å². The van der Waals surface area contributed by atoms with E-state index in [0.717, 1.165) is 28.2 Å². The molecule has 0 N–H and O–H groups in total. The summed E-state index contributed by atoms with van der Waals surface area (Å²) in [5.41, 5.74) is 1.48. The van der Waals surface area contributed by atoms with Crippen LogP contribution in [0.5, 0.6) is 11.5 Å². The minimum atomic E-state index is -1.11. The number of carbonyl (C=O) groups excluding carboxylic acids is 1. The van der Waals surface area contributed by atoms with Gasteiger partial charge in [0.05, 0.1) is 18.7 Å². The van der Waals surface area contributed by atoms with E-state index in [2.05, 4.69) is 57.7 Å². The molecular formula is C26H34N2O3. The Morgan fingerprint density at radius 3 is 2.26 bits per heavy atom. The van der Waals surface area contributed by atoms with Crippen molar-refractivity contribution >= 4 is 5.91 Å². The average Bonchev–Trinajstić information content (AvgIpc) is 2.86. The van der Waals surface area contributed by atoms with Gasteiger partial charge in [-0.05, 0) is 56.0 Å². The molecule has 0 radical (unpaired) electrons. The van der Waals surface area contributed by atoms with Gasteiger partial charge in [-0.25, -0.2) is 4.90 Å². The van der Waals surface area contributed by atoms with Crippen molar-refractivity contribution in [3.63, 3.8) is 0 Å². The first-order valence-corrected chi connectivity index (χ1v) is 10.9. The van der Waals surface area contributed by atoms with Gasteiger partial charge in [-0.2, -0.15) is 0 Å². The predicted octanol–water partition coefficient (Wildman–Crippen LogP) is 4.55.